The van der Waals surface area contributed by atoms with Gasteiger partial charge in [0.2, 0.25) is 0 Å². The van der Waals surface area contributed by atoms with Crippen LogP contribution in [-0.4, -0.2) is 54.2 Å². The van der Waals surface area contributed by atoms with Crippen LogP contribution in [0.2, 0.25) is 0 Å². The van der Waals surface area contributed by atoms with Crippen LogP contribution in [0.3, 0.4) is 0 Å². The summed E-state index contributed by atoms with van der Waals surface area (Å²) in [4.78, 5) is 11.5. The molecule has 38 heavy (non-hydrogen) atoms. The molecule has 0 amide bonds. The molecule has 0 radical (unpaired) electrons. The molecule has 0 aliphatic carbocycles. The highest BCUT2D eigenvalue weighted by Gasteiger charge is 2.19. The molecule has 5 rings (SSSR count). The Balaban J connectivity index is 1.03. The van der Waals surface area contributed by atoms with Gasteiger partial charge in [-0.25, -0.2) is 9.97 Å². The van der Waals surface area contributed by atoms with Gasteiger partial charge in [0.15, 0.2) is 0 Å². The number of nitrogens with two attached hydrogens (primary N) is 1. The van der Waals surface area contributed by atoms with Gasteiger partial charge in [0.05, 0.1) is 12.1 Å². The third-order valence-corrected chi connectivity index (χ3v) is 7.25. The van der Waals surface area contributed by atoms with Crippen LogP contribution in [-0.2, 0) is 6.42 Å². The molecule has 0 unspecified atom stereocenters. The molecule has 1 aromatic heterocycles. The Bertz CT molecular complexity index is 1270. The second kappa shape index (κ2) is 13.1. The lowest BCUT2D eigenvalue weighted by atomic mass is 9.98. The average molecular weight is 511 g/mol. The minimum atomic E-state index is 0.583. The van der Waals surface area contributed by atoms with Crippen molar-refractivity contribution in [2.45, 2.75) is 25.7 Å². The largest absolute Gasteiger partial charge is 0.493 e. The quantitative estimate of drug-likeness (QED) is 0.172. The summed E-state index contributed by atoms with van der Waals surface area (Å²) >= 11 is 0. The number of aromatic nitrogens is 2. The summed E-state index contributed by atoms with van der Waals surface area (Å²) in [6, 6.07) is 24.6. The zero-order chi connectivity index (χ0) is 26.0. The monoisotopic (exact) mass is 510 g/mol. The van der Waals surface area contributed by atoms with E-state index < -0.39 is 0 Å². The summed E-state index contributed by atoms with van der Waals surface area (Å²) in [7, 11) is 0. The number of likely N-dealkylation sites (tertiary alicyclic amines) is 1. The topological polar surface area (TPSA) is 88.3 Å². The van der Waals surface area contributed by atoms with Crippen molar-refractivity contribution < 1.29 is 4.74 Å². The maximum Gasteiger partial charge on any atom is 0.137 e. The normalized spacial score (nSPS) is 14.4. The molecule has 7 heteroatoms. The maximum atomic E-state index is 6.20. The molecule has 0 bridgehead atoms. The minimum absolute atomic E-state index is 0.583. The number of fused-ring (bicyclic) bond motifs is 1. The van der Waals surface area contributed by atoms with E-state index in [4.69, 9.17) is 10.5 Å². The van der Waals surface area contributed by atoms with Gasteiger partial charge in [-0.15, -0.1) is 0 Å². The number of nitrogens with one attached hydrogen (secondary N) is 2. The molecule has 0 saturated carbocycles. The Kier molecular flexibility index (Phi) is 8.89. The zero-order valence-electron chi connectivity index (χ0n) is 22.0. The summed E-state index contributed by atoms with van der Waals surface area (Å²) in [6.07, 6.45) is 6.05. The predicted molar refractivity (Wildman–Crippen MR) is 157 cm³/mol. The highest BCUT2D eigenvalue weighted by atomic mass is 16.5. The summed E-state index contributed by atoms with van der Waals surface area (Å²) in [5.74, 6) is 2.34. The maximum absolute atomic E-state index is 6.20. The Morgan fingerprint density at radius 2 is 1.71 bits per heavy atom. The molecule has 1 aliphatic rings. The first-order chi connectivity index (χ1) is 18.7. The van der Waals surface area contributed by atoms with Crippen molar-refractivity contribution in [3.8, 4) is 5.75 Å². The van der Waals surface area contributed by atoms with Gasteiger partial charge in [0.25, 0.3) is 0 Å². The molecule has 4 aromatic rings. The van der Waals surface area contributed by atoms with Crippen LogP contribution in [0.4, 0.5) is 17.2 Å². The number of ether oxygens (including phenoxy) is 1. The first-order valence-electron chi connectivity index (χ1n) is 13.7. The van der Waals surface area contributed by atoms with E-state index in [0.717, 1.165) is 98.9 Å². The first kappa shape index (κ1) is 25.8. The molecule has 0 spiro atoms. The van der Waals surface area contributed by atoms with Gasteiger partial charge in [-0.3, -0.25) is 0 Å². The zero-order valence-corrected chi connectivity index (χ0v) is 22.0. The SMILES string of the molecule is Nc1ccc(NCCN2CCC(COc3ccc4c(NCCCc5ccccc5)ncnc4c3)CC2)cc1. The number of aryl methyl sites for hydroxylation is 1. The fourth-order valence-electron chi connectivity index (χ4n) is 4.96. The van der Waals surface area contributed by atoms with Gasteiger partial charge in [-0.2, -0.15) is 0 Å². The van der Waals surface area contributed by atoms with Crippen LogP contribution in [0.15, 0.2) is 79.1 Å². The van der Waals surface area contributed by atoms with E-state index in [1.54, 1.807) is 6.33 Å². The van der Waals surface area contributed by atoms with Crippen LogP contribution in [0.5, 0.6) is 5.75 Å². The molecule has 1 saturated heterocycles. The van der Waals surface area contributed by atoms with E-state index in [1.807, 2.05) is 36.4 Å². The Hall–Kier alpha value is -3.84. The number of piperidine rings is 1. The van der Waals surface area contributed by atoms with E-state index in [2.05, 4.69) is 61.9 Å². The van der Waals surface area contributed by atoms with Crippen molar-refractivity contribution in [3.05, 3.63) is 84.7 Å². The van der Waals surface area contributed by atoms with Crippen molar-refractivity contribution in [3.63, 3.8) is 0 Å². The number of hydrogen-bond acceptors (Lipinski definition) is 7. The van der Waals surface area contributed by atoms with Crippen LogP contribution in [0.25, 0.3) is 10.9 Å². The number of benzene rings is 3. The lowest BCUT2D eigenvalue weighted by Gasteiger charge is -2.31. The smallest absolute Gasteiger partial charge is 0.137 e. The molecule has 1 aliphatic heterocycles. The third-order valence-electron chi connectivity index (χ3n) is 7.25. The van der Waals surface area contributed by atoms with Gasteiger partial charge in [0, 0.05) is 42.5 Å². The summed E-state index contributed by atoms with van der Waals surface area (Å²) in [5.41, 5.74) is 9.94. The Morgan fingerprint density at radius 3 is 2.53 bits per heavy atom. The predicted octanol–water partition coefficient (Wildman–Crippen LogP) is 5.46. The molecular formula is C31H38N6O. The van der Waals surface area contributed by atoms with E-state index in [0.29, 0.717) is 5.92 Å². The Labute approximate surface area is 225 Å². The summed E-state index contributed by atoms with van der Waals surface area (Å²) < 4.78 is 6.20. The van der Waals surface area contributed by atoms with Gasteiger partial charge >= 0.3 is 0 Å². The van der Waals surface area contributed by atoms with Crippen molar-refractivity contribution >= 4 is 28.1 Å². The number of nitrogens with zero attached hydrogens (tertiary/aromatic N) is 3. The highest BCUT2D eigenvalue weighted by molar-refractivity contribution is 5.89. The number of nitrogen functional groups attached to an aromatic ring is 1. The molecule has 2 heterocycles. The van der Waals surface area contributed by atoms with Gasteiger partial charge < -0.3 is 26.0 Å². The van der Waals surface area contributed by atoms with Crippen LogP contribution >= 0.6 is 0 Å². The second-order valence-corrected chi connectivity index (χ2v) is 10.1. The Morgan fingerprint density at radius 1 is 0.895 bits per heavy atom. The van der Waals surface area contributed by atoms with E-state index >= 15 is 0 Å². The van der Waals surface area contributed by atoms with Crippen molar-refractivity contribution in [2.24, 2.45) is 5.92 Å². The molecule has 1 fully saturated rings. The average Bonchev–Trinajstić information content (AvgIpc) is 2.96. The fraction of sp³-hybridized carbons (Fsp3) is 0.355. The van der Waals surface area contributed by atoms with E-state index in [9.17, 15) is 0 Å². The van der Waals surface area contributed by atoms with Crippen molar-refractivity contribution in [2.75, 3.05) is 55.7 Å². The standard InChI is InChI=1S/C31H38N6O/c32-26-8-10-27(11-9-26)33-17-20-37-18-14-25(15-19-37)22-38-28-12-13-29-30(21-28)35-23-36-31(29)34-16-4-7-24-5-2-1-3-6-24/h1-3,5-6,8-13,21,23,25,33H,4,7,14-20,22,32H2,(H,34,35,36). The molecular weight excluding hydrogens is 472 g/mol. The number of hydrogen-bond donors (Lipinski definition) is 3. The third kappa shape index (κ3) is 7.35. The van der Waals surface area contributed by atoms with Gasteiger partial charge in [-0.05, 0) is 86.7 Å². The lowest BCUT2D eigenvalue weighted by Crippen LogP contribution is -2.38. The molecule has 0 atom stereocenters. The van der Waals surface area contributed by atoms with Gasteiger partial charge in [-0.1, -0.05) is 30.3 Å². The molecule has 4 N–H and O–H groups in total. The van der Waals surface area contributed by atoms with Crippen molar-refractivity contribution in [1.29, 1.82) is 0 Å². The summed E-state index contributed by atoms with van der Waals surface area (Å²) in [6.45, 7) is 5.83. The van der Waals surface area contributed by atoms with E-state index in [1.165, 1.54) is 5.56 Å². The summed E-state index contributed by atoms with van der Waals surface area (Å²) in [5, 5.41) is 7.99. The first-order valence-corrected chi connectivity index (χ1v) is 13.7. The fourth-order valence-corrected chi connectivity index (χ4v) is 4.96. The van der Waals surface area contributed by atoms with Crippen LogP contribution in [0.1, 0.15) is 24.8 Å². The number of rotatable bonds is 12. The molecule has 198 valence electrons. The van der Waals surface area contributed by atoms with E-state index in [-0.39, 0.29) is 0 Å². The van der Waals surface area contributed by atoms with Crippen LogP contribution in [0, 0.1) is 5.92 Å². The van der Waals surface area contributed by atoms with Crippen molar-refractivity contribution in [1.82, 2.24) is 14.9 Å². The minimum Gasteiger partial charge on any atom is -0.493 e. The van der Waals surface area contributed by atoms with Gasteiger partial charge in [0.1, 0.15) is 17.9 Å². The molecule has 3 aromatic carbocycles. The molecule has 7 nitrogen and oxygen atoms in total. The van der Waals surface area contributed by atoms with Crippen LogP contribution < -0.4 is 21.1 Å². The second-order valence-electron chi connectivity index (χ2n) is 10.1. The number of anilines is 3. The lowest BCUT2D eigenvalue weighted by molar-refractivity contribution is 0.145. The highest BCUT2D eigenvalue weighted by Crippen LogP contribution is 2.25.